The van der Waals surface area contributed by atoms with E-state index in [0.717, 1.165) is 51.4 Å². The molecule has 63 heavy (non-hydrogen) atoms. The maximum atomic E-state index is 12.8. The Bertz CT molecular complexity index is 1380. The van der Waals surface area contributed by atoms with Gasteiger partial charge in [0.25, 0.3) is 0 Å². The number of phosphoric ester groups is 1. The predicted octanol–water partition coefficient (Wildman–Crippen LogP) is 9.50. The van der Waals surface area contributed by atoms with E-state index in [4.69, 9.17) is 18.5 Å². The highest BCUT2D eigenvalue weighted by Crippen LogP contribution is 2.47. The number of carbonyl (C=O) groups excluding carboxylic acids is 2. The molecule has 1 saturated carbocycles. The van der Waals surface area contributed by atoms with E-state index in [1.165, 1.54) is 70.6 Å². The molecule has 13 nitrogen and oxygen atoms in total. The average Bonchev–Trinajstić information content (AvgIpc) is 3.26. The van der Waals surface area contributed by atoms with Crippen LogP contribution in [0.5, 0.6) is 0 Å². The van der Waals surface area contributed by atoms with Gasteiger partial charge in [-0.15, -0.1) is 0 Å². The highest BCUT2D eigenvalue weighted by atomic mass is 31.2. The van der Waals surface area contributed by atoms with Crippen LogP contribution in [-0.2, 0) is 32.7 Å². The summed E-state index contributed by atoms with van der Waals surface area (Å²) < 4.78 is 33.5. The lowest BCUT2D eigenvalue weighted by Gasteiger charge is -2.41. The fourth-order valence-corrected chi connectivity index (χ4v) is 7.76. The van der Waals surface area contributed by atoms with E-state index >= 15 is 0 Å². The van der Waals surface area contributed by atoms with Gasteiger partial charge < -0.3 is 39.9 Å². The number of carbonyl (C=O) groups is 2. The Labute approximate surface area is 378 Å². The third-order valence-corrected chi connectivity index (χ3v) is 11.6. The summed E-state index contributed by atoms with van der Waals surface area (Å²) in [6, 6.07) is 0. The Morgan fingerprint density at radius 2 is 0.905 bits per heavy atom. The van der Waals surface area contributed by atoms with Crippen LogP contribution >= 0.6 is 7.82 Å². The fourth-order valence-electron chi connectivity index (χ4n) is 6.78. The number of hydrogen-bond acceptors (Lipinski definition) is 12. The van der Waals surface area contributed by atoms with E-state index in [1.54, 1.807) is 0 Å². The monoisotopic (exact) mass is 911 g/mol. The van der Waals surface area contributed by atoms with E-state index in [0.29, 0.717) is 19.3 Å². The number of ether oxygens (including phenoxy) is 2. The fraction of sp³-hybridized carbons (Fsp3) is 0.714. The zero-order valence-electron chi connectivity index (χ0n) is 38.3. The number of hydrogen-bond donors (Lipinski definition) is 6. The minimum atomic E-state index is -5.14. The van der Waals surface area contributed by atoms with Crippen molar-refractivity contribution in [3.8, 4) is 0 Å². The molecule has 0 aliphatic heterocycles. The number of rotatable bonds is 38. The molecule has 1 fully saturated rings. The third-order valence-electron chi connectivity index (χ3n) is 10.6. The first-order valence-electron chi connectivity index (χ1n) is 23.7. The van der Waals surface area contributed by atoms with Crippen LogP contribution in [0.25, 0.3) is 0 Å². The number of aliphatic hydroxyl groups is 5. The molecule has 0 saturated heterocycles. The van der Waals surface area contributed by atoms with Crippen molar-refractivity contribution in [1.29, 1.82) is 0 Å². The van der Waals surface area contributed by atoms with Gasteiger partial charge in [0.05, 0.1) is 6.61 Å². The highest BCUT2D eigenvalue weighted by molar-refractivity contribution is 7.47. The first-order chi connectivity index (χ1) is 30.4. The molecule has 6 unspecified atom stereocenters. The van der Waals surface area contributed by atoms with Crippen molar-refractivity contribution in [1.82, 2.24) is 0 Å². The summed E-state index contributed by atoms with van der Waals surface area (Å²) in [5, 5.41) is 50.2. The van der Waals surface area contributed by atoms with E-state index in [1.807, 2.05) is 18.2 Å². The molecular weight excluding hydrogens is 828 g/mol. The number of phosphoric acid groups is 1. The lowest BCUT2D eigenvalue weighted by atomic mass is 9.85. The van der Waals surface area contributed by atoms with Crippen molar-refractivity contribution in [2.75, 3.05) is 13.2 Å². The number of allylic oxidation sites excluding steroid dienone is 12. The normalized spacial score (nSPS) is 22.3. The Morgan fingerprint density at radius 3 is 1.35 bits per heavy atom. The molecule has 0 amide bonds. The molecule has 0 radical (unpaired) electrons. The standard InChI is InChI=1S/C49H83O13P/c1-3-5-7-9-11-13-15-17-19-20-21-22-24-26-28-30-32-34-36-38-43(51)61-41(40-60-63(57,58)62-49-47(55)45(53)44(52)46(54)48(49)56)39-59-42(50)37-35-33-31-29-27-25-23-18-16-14-12-10-8-6-4-2/h5,7,11,13,17,19,21-22,26,28,32,34,41,44-49,52-56H,3-4,6,8-10,12,14-16,18,20,23-25,27,29-31,33,35-40H2,1-2H3,(H,57,58)/b7-5-,13-11-,19-17-,22-21-,28-26-,34-32-. The summed E-state index contributed by atoms with van der Waals surface area (Å²) in [5.41, 5.74) is 0. The Hall–Kier alpha value is -2.71. The van der Waals surface area contributed by atoms with Gasteiger partial charge >= 0.3 is 19.8 Å². The minimum Gasteiger partial charge on any atom is -0.462 e. The second-order valence-electron chi connectivity index (χ2n) is 16.2. The molecule has 1 aliphatic carbocycles. The van der Waals surface area contributed by atoms with Crippen molar-refractivity contribution in [3.63, 3.8) is 0 Å². The van der Waals surface area contributed by atoms with Crippen LogP contribution in [0.2, 0.25) is 0 Å². The summed E-state index contributed by atoms with van der Waals surface area (Å²) in [6.07, 6.45) is 35.4. The zero-order chi connectivity index (χ0) is 46.4. The van der Waals surface area contributed by atoms with Gasteiger partial charge in [-0.3, -0.25) is 18.6 Å². The van der Waals surface area contributed by atoms with Crippen LogP contribution < -0.4 is 0 Å². The quantitative estimate of drug-likeness (QED) is 0.0148. The summed E-state index contributed by atoms with van der Waals surface area (Å²) in [5.74, 6) is -1.20. The van der Waals surface area contributed by atoms with Crippen LogP contribution in [0.3, 0.4) is 0 Å². The molecule has 0 heterocycles. The van der Waals surface area contributed by atoms with Crippen molar-refractivity contribution in [2.45, 2.75) is 211 Å². The second-order valence-corrected chi connectivity index (χ2v) is 17.6. The summed E-state index contributed by atoms with van der Waals surface area (Å²) in [6.45, 7) is 3.12. The first kappa shape index (κ1) is 58.3. The zero-order valence-corrected chi connectivity index (χ0v) is 39.2. The first-order valence-corrected chi connectivity index (χ1v) is 25.2. The number of esters is 2. The van der Waals surface area contributed by atoms with Gasteiger partial charge in [-0.2, -0.15) is 0 Å². The second kappa shape index (κ2) is 38.5. The molecule has 1 aliphatic rings. The maximum absolute atomic E-state index is 12.8. The van der Waals surface area contributed by atoms with Crippen LogP contribution in [0, 0.1) is 0 Å². The molecule has 0 aromatic carbocycles. The minimum absolute atomic E-state index is 0.0302. The van der Waals surface area contributed by atoms with Gasteiger partial charge in [0.1, 0.15) is 43.2 Å². The van der Waals surface area contributed by atoms with Crippen LogP contribution in [-0.4, -0.2) is 98.3 Å². The van der Waals surface area contributed by atoms with Crippen molar-refractivity contribution >= 4 is 19.8 Å². The Kier molecular flexibility index (Phi) is 35.7. The van der Waals surface area contributed by atoms with Crippen LogP contribution in [0.4, 0.5) is 0 Å². The largest absolute Gasteiger partial charge is 0.472 e. The molecule has 6 atom stereocenters. The van der Waals surface area contributed by atoms with E-state index in [9.17, 15) is 44.6 Å². The van der Waals surface area contributed by atoms with E-state index < -0.39 is 75.7 Å². The SMILES string of the molecule is CC/C=C\C/C=C\C/C=C\C/C=C\C/C=C\C/C=C\CCC(=O)OC(COC(=O)CCCCCCCCCCCCCCCCC)COP(=O)(O)OC1C(O)C(O)C(O)C(O)C1O. The smallest absolute Gasteiger partial charge is 0.462 e. The highest BCUT2D eigenvalue weighted by Gasteiger charge is 2.51. The van der Waals surface area contributed by atoms with Gasteiger partial charge in [0, 0.05) is 12.8 Å². The van der Waals surface area contributed by atoms with E-state index in [2.05, 4.69) is 68.5 Å². The van der Waals surface area contributed by atoms with Crippen molar-refractivity contribution in [2.24, 2.45) is 0 Å². The molecule has 0 aromatic heterocycles. The molecule has 0 aromatic rings. The Balaban J connectivity index is 2.51. The number of aliphatic hydroxyl groups excluding tert-OH is 5. The van der Waals surface area contributed by atoms with E-state index in [-0.39, 0.29) is 12.8 Å². The summed E-state index contributed by atoms with van der Waals surface area (Å²) in [7, 11) is -5.14. The van der Waals surface area contributed by atoms with Crippen LogP contribution in [0.15, 0.2) is 72.9 Å². The van der Waals surface area contributed by atoms with Gasteiger partial charge in [-0.1, -0.05) is 177 Å². The summed E-state index contributed by atoms with van der Waals surface area (Å²) in [4.78, 5) is 35.7. The molecule has 0 bridgehead atoms. The van der Waals surface area contributed by atoms with Crippen molar-refractivity contribution < 1.29 is 63.1 Å². The van der Waals surface area contributed by atoms with Crippen molar-refractivity contribution in [3.05, 3.63) is 72.9 Å². The van der Waals surface area contributed by atoms with Crippen LogP contribution in [0.1, 0.15) is 168 Å². The molecule has 1 rings (SSSR count). The molecule has 14 heteroatoms. The molecule has 6 N–H and O–H groups in total. The van der Waals surface area contributed by atoms with Gasteiger partial charge in [0.15, 0.2) is 6.10 Å². The Morgan fingerprint density at radius 1 is 0.508 bits per heavy atom. The molecule has 362 valence electrons. The topological polar surface area (TPSA) is 210 Å². The lowest BCUT2D eigenvalue weighted by molar-refractivity contribution is -0.220. The van der Waals surface area contributed by atoms with Gasteiger partial charge in [-0.05, 0) is 51.4 Å². The number of unbranched alkanes of at least 4 members (excludes halogenated alkanes) is 14. The summed E-state index contributed by atoms with van der Waals surface area (Å²) >= 11 is 0. The van der Waals surface area contributed by atoms with Gasteiger partial charge in [-0.25, -0.2) is 4.57 Å². The lowest BCUT2D eigenvalue weighted by Crippen LogP contribution is -2.64. The predicted molar refractivity (Wildman–Crippen MR) is 249 cm³/mol. The third kappa shape index (κ3) is 31.0. The molecular formula is C49H83O13P. The van der Waals surface area contributed by atoms with Gasteiger partial charge in [0.2, 0.25) is 0 Å². The average molecular weight is 911 g/mol. The molecule has 0 spiro atoms. The maximum Gasteiger partial charge on any atom is 0.472 e.